The van der Waals surface area contributed by atoms with Crippen molar-refractivity contribution in [1.82, 2.24) is 19.9 Å². The van der Waals surface area contributed by atoms with E-state index < -0.39 is 0 Å². The molecule has 3 N–H and O–H groups in total. The topological polar surface area (TPSA) is 80.5 Å². The standard InChI is InChI=1S/C8H11N5/c9-3-1-2-7-12-6-4-10-5-11-8(6)13-7/h4-5H,1-3,9H2,(H,10,11,12,13). The quantitative estimate of drug-likeness (QED) is 0.704. The Hall–Kier alpha value is -1.49. The molecule has 0 aliphatic heterocycles. The Kier molecular flexibility index (Phi) is 2.18. The third-order valence-electron chi connectivity index (χ3n) is 1.83. The fourth-order valence-corrected chi connectivity index (χ4v) is 1.20. The van der Waals surface area contributed by atoms with Gasteiger partial charge in [0.25, 0.3) is 0 Å². The number of nitrogens with zero attached hydrogens (tertiary/aromatic N) is 3. The smallest absolute Gasteiger partial charge is 0.180 e. The Balaban J connectivity index is 2.28. The molecule has 0 unspecified atom stereocenters. The van der Waals surface area contributed by atoms with Crippen LogP contribution in [0.15, 0.2) is 12.5 Å². The van der Waals surface area contributed by atoms with Crippen molar-refractivity contribution in [2.75, 3.05) is 6.54 Å². The van der Waals surface area contributed by atoms with Gasteiger partial charge in [-0.2, -0.15) is 0 Å². The summed E-state index contributed by atoms with van der Waals surface area (Å²) in [6.45, 7) is 0.683. The second-order valence-electron chi connectivity index (χ2n) is 2.84. The third-order valence-corrected chi connectivity index (χ3v) is 1.83. The van der Waals surface area contributed by atoms with Crippen molar-refractivity contribution in [2.24, 2.45) is 5.73 Å². The predicted octanol–water partition coefficient (Wildman–Crippen LogP) is 0.244. The lowest BCUT2D eigenvalue weighted by atomic mass is 10.3. The summed E-state index contributed by atoms with van der Waals surface area (Å²) < 4.78 is 0. The fourth-order valence-electron chi connectivity index (χ4n) is 1.20. The minimum absolute atomic E-state index is 0.683. The molecule has 0 fully saturated rings. The van der Waals surface area contributed by atoms with Crippen LogP contribution in [0.2, 0.25) is 0 Å². The molecule has 0 spiro atoms. The summed E-state index contributed by atoms with van der Waals surface area (Å²) in [5.74, 6) is 0.931. The molecule has 0 atom stereocenters. The molecule has 5 nitrogen and oxygen atoms in total. The first-order valence-corrected chi connectivity index (χ1v) is 4.25. The first kappa shape index (κ1) is 8.12. The second-order valence-corrected chi connectivity index (χ2v) is 2.84. The van der Waals surface area contributed by atoms with Gasteiger partial charge in [-0.25, -0.2) is 15.0 Å². The van der Waals surface area contributed by atoms with Crippen molar-refractivity contribution in [1.29, 1.82) is 0 Å². The van der Waals surface area contributed by atoms with E-state index in [-0.39, 0.29) is 0 Å². The van der Waals surface area contributed by atoms with Gasteiger partial charge in [0.1, 0.15) is 17.7 Å². The largest absolute Gasteiger partial charge is 0.339 e. The number of hydrogen-bond donors (Lipinski definition) is 2. The summed E-state index contributed by atoms with van der Waals surface area (Å²) in [7, 11) is 0. The summed E-state index contributed by atoms with van der Waals surface area (Å²) in [6, 6.07) is 0. The molecule has 0 aromatic carbocycles. The van der Waals surface area contributed by atoms with Gasteiger partial charge in [-0.15, -0.1) is 0 Å². The number of imidazole rings is 1. The molecule has 2 aromatic rings. The van der Waals surface area contributed by atoms with Gasteiger partial charge in [-0.05, 0) is 13.0 Å². The van der Waals surface area contributed by atoms with E-state index in [2.05, 4.69) is 19.9 Å². The maximum Gasteiger partial charge on any atom is 0.180 e. The Morgan fingerprint density at radius 3 is 3.15 bits per heavy atom. The molecule has 0 radical (unpaired) electrons. The van der Waals surface area contributed by atoms with E-state index in [1.165, 1.54) is 6.33 Å². The Bertz CT molecular complexity index is 361. The van der Waals surface area contributed by atoms with Crippen LogP contribution in [0.25, 0.3) is 11.2 Å². The van der Waals surface area contributed by atoms with Gasteiger partial charge in [-0.1, -0.05) is 0 Å². The average Bonchev–Trinajstić information content (AvgIpc) is 2.57. The van der Waals surface area contributed by atoms with Crippen LogP contribution in [0.5, 0.6) is 0 Å². The normalized spacial score (nSPS) is 10.8. The Morgan fingerprint density at radius 2 is 2.38 bits per heavy atom. The van der Waals surface area contributed by atoms with Crippen molar-refractivity contribution in [3.63, 3.8) is 0 Å². The van der Waals surface area contributed by atoms with Gasteiger partial charge in [0.05, 0.1) is 6.20 Å². The van der Waals surface area contributed by atoms with Crippen LogP contribution in [0.1, 0.15) is 12.2 Å². The van der Waals surface area contributed by atoms with Gasteiger partial charge in [-0.3, -0.25) is 0 Å². The van der Waals surface area contributed by atoms with Crippen LogP contribution < -0.4 is 5.73 Å². The molecule has 0 saturated carbocycles. The van der Waals surface area contributed by atoms with Crippen LogP contribution in [0.3, 0.4) is 0 Å². The maximum absolute atomic E-state index is 5.40. The number of fused-ring (bicyclic) bond motifs is 1. The van der Waals surface area contributed by atoms with Crippen LogP contribution in [0, 0.1) is 0 Å². The fraction of sp³-hybridized carbons (Fsp3) is 0.375. The number of nitrogens with two attached hydrogens (primary N) is 1. The predicted molar refractivity (Wildman–Crippen MR) is 49.1 cm³/mol. The molecule has 0 amide bonds. The number of H-pyrrole nitrogens is 1. The zero-order valence-electron chi connectivity index (χ0n) is 7.20. The molecule has 0 saturated heterocycles. The highest BCUT2D eigenvalue weighted by molar-refractivity contribution is 5.68. The molecule has 2 rings (SSSR count). The average molecular weight is 177 g/mol. The van der Waals surface area contributed by atoms with Crippen LogP contribution >= 0.6 is 0 Å². The number of rotatable bonds is 3. The number of hydrogen-bond acceptors (Lipinski definition) is 4. The van der Waals surface area contributed by atoms with Crippen molar-refractivity contribution in [3.05, 3.63) is 18.3 Å². The molecule has 2 heterocycles. The monoisotopic (exact) mass is 177 g/mol. The highest BCUT2D eigenvalue weighted by Gasteiger charge is 2.01. The zero-order chi connectivity index (χ0) is 9.10. The molecule has 2 aromatic heterocycles. The van der Waals surface area contributed by atoms with Crippen molar-refractivity contribution in [3.8, 4) is 0 Å². The van der Waals surface area contributed by atoms with Crippen molar-refractivity contribution in [2.45, 2.75) is 12.8 Å². The van der Waals surface area contributed by atoms with Gasteiger partial charge in [0.2, 0.25) is 0 Å². The Labute approximate surface area is 75.4 Å². The summed E-state index contributed by atoms with van der Waals surface area (Å²) in [5.41, 5.74) is 7.01. The highest BCUT2D eigenvalue weighted by atomic mass is 15.0. The van der Waals surface area contributed by atoms with Crippen LogP contribution in [-0.2, 0) is 6.42 Å². The van der Waals surface area contributed by atoms with Gasteiger partial charge in [0.15, 0.2) is 5.65 Å². The third kappa shape index (κ3) is 1.65. The number of nitrogens with one attached hydrogen (secondary N) is 1. The summed E-state index contributed by atoms with van der Waals surface area (Å²) in [6.07, 6.45) is 5.03. The lowest BCUT2D eigenvalue weighted by molar-refractivity contribution is 0.796. The zero-order valence-corrected chi connectivity index (χ0v) is 7.20. The molecule has 68 valence electrons. The summed E-state index contributed by atoms with van der Waals surface area (Å²) in [5, 5.41) is 0. The Morgan fingerprint density at radius 1 is 1.46 bits per heavy atom. The highest BCUT2D eigenvalue weighted by Crippen LogP contribution is 2.06. The molecule has 13 heavy (non-hydrogen) atoms. The van der Waals surface area contributed by atoms with E-state index in [9.17, 15) is 0 Å². The molecule has 5 heteroatoms. The molecule has 0 aliphatic carbocycles. The van der Waals surface area contributed by atoms with Crippen molar-refractivity contribution < 1.29 is 0 Å². The lowest BCUT2D eigenvalue weighted by Crippen LogP contribution is -2.01. The van der Waals surface area contributed by atoms with Gasteiger partial charge >= 0.3 is 0 Å². The van der Waals surface area contributed by atoms with Gasteiger partial charge < -0.3 is 10.7 Å². The van der Waals surface area contributed by atoms with Crippen molar-refractivity contribution >= 4 is 11.2 Å². The summed E-state index contributed by atoms with van der Waals surface area (Å²) >= 11 is 0. The lowest BCUT2D eigenvalue weighted by Gasteiger charge is -1.90. The van der Waals surface area contributed by atoms with E-state index in [1.54, 1.807) is 6.20 Å². The molecule has 0 aliphatic rings. The first-order chi connectivity index (χ1) is 6.40. The van der Waals surface area contributed by atoms with Crippen LogP contribution in [0.4, 0.5) is 0 Å². The van der Waals surface area contributed by atoms with E-state index in [0.717, 1.165) is 29.8 Å². The SMILES string of the molecule is NCCCc1nc2ncncc2[nH]1. The maximum atomic E-state index is 5.40. The molecule has 0 bridgehead atoms. The van der Waals surface area contributed by atoms with E-state index >= 15 is 0 Å². The number of aromatic amines is 1. The van der Waals surface area contributed by atoms with E-state index in [1.807, 2.05) is 0 Å². The minimum atomic E-state index is 0.683. The van der Waals surface area contributed by atoms with E-state index in [0.29, 0.717) is 6.54 Å². The molecular weight excluding hydrogens is 166 g/mol. The summed E-state index contributed by atoms with van der Waals surface area (Å²) in [4.78, 5) is 15.4. The number of aromatic nitrogens is 4. The second kappa shape index (κ2) is 3.49. The van der Waals surface area contributed by atoms with E-state index in [4.69, 9.17) is 5.73 Å². The van der Waals surface area contributed by atoms with Crippen LogP contribution in [-0.4, -0.2) is 26.5 Å². The molecular formula is C8H11N5. The minimum Gasteiger partial charge on any atom is -0.339 e. The first-order valence-electron chi connectivity index (χ1n) is 4.25. The number of aryl methyl sites for hydroxylation is 1. The van der Waals surface area contributed by atoms with Gasteiger partial charge in [0, 0.05) is 6.42 Å².